The minimum atomic E-state index is -0.360. The number of halogens is 2. The summed E-state index contributed by atoms with van der Waals surface area (Å²) >= 11 is 12.8. The van der Waals surface area contributed by atoms with Gasteiger partial charge in [0.2, 0.25) is 0 Å². The molecule has 3 nitrogen and oxygen atoms in total. The van der Waals surface area contributed by atoms with Crippen LogP contribution in [0.1, 0.15) is 30.6 Å². The Morgan fingerprint density at radius 2 is 2.18 bits per heavy atom. The highest BCUT2D eigenvalue weighted by atomic mass is 35.5. The molecular formula is C11H15Cl2NO2S. The lowest BCUT2D eigenvalue weighted by molar-refractivity contribution is 0.0940. The fourth-order valence-electron chi connectivity index (χ4n) is 1.52. The van der Waals surface area contributed by atoms with E-state index in [0.717, 1.165) is 0 Å². The van der Waals surface area contributed by atoms with Crippen molar-refractivity contribution in [2.24, 2.45) is 5.92 Å². The SMILES string of the molecule is CC(O)CC(C)CNC(=O)c1cc(Cl)sc1Cl. The van der Waals surface area contributed by atoms with Crippen molar-refractivity contribution in [1.29, 1.82) is 0 Å². The molecule has 1 aromatic heterocycles. The van der Waals surface area contributed by atoms with E-state index in [1.54, 1.807) is 13.0 Å². The van der Waals surface area contributed by atoms with Crippen molar-refractivity contribution in [2.45, 2.75) is 26.4 Å². The zero-order chi connectivity index (χ0) is 13.0. The van der Waals surface area contributed by atoms with Crippen molar-refractivity contribution in [2.75, 3.05) is 6.54 Å². The Labute approximate surface area is 115 Å². The minimum absolute atomic E-state index is 0.215. The van der Waals surface area contributed by atoms with Crippen LogP contribution in [-0.4, -0.2) is 23.7 Å². The van der Waals surface area contributed by atoms with Crippen LogP contribution in [0.3, 0.4) is 0 Å². The lowest BCUT2D eigenvalue weighted by Gasteiger charge is -2.13. The Morgan fingerprint density at radius 1 is 1.53 bits per heavy atom. The van der Waals surface area contributed by atoms with Gasteiger partial charge in [0.25, 0.3) is 5.91 Å². The van der Waals surface area contributed by atoms with Crippen molar-refractivity contribution in [3.8, 4) is 0 Å². The van der Waals surface area contributed by atoms with Crippen LogP contribution in [0, 0.1) is 5.92 Å². The predicted octanol–water partition coefficient (Wildman–Crippen LogP) is 3.19. The summed E-state index contributed by atoms with van der Waals surface area (Å²) < 4.78 is 0.896. The van der Waals surface area contributed by atoms with E-state index in [2.05, 4.69) is 5.32 Å². The molecule has 2 unspecified atom stereocenters. The van der Waals surface area contributed by atoms with Crippen LogP contribution in [0.25, 0.3) is 0 Å². The number of hydrogen-bond acceptors (Lipinski definition) is 3. The van der Waals surface area contributed by atoms with E-state index < -0.39 is 0 Å². The van der Waals surface area contributed by atoms with Gasteiger partial charge in [-0.15, -0.1) is 11.3 Å². The van der Waals surface area contributed by atoms with E-state index >= 15 is 0 Å². The molecule has 17 heavy (non-hydrogen) atoms. The highest BCUT2D eigenvalue weighted by Gasteiger charge is 2.15. The van der Waals surface area contributed by atoms with Crippen LogP contribution in [-0.2, 0) is 0 Å². The molecule has 1 amide bonds. The van der Waals surface area contributed by atoms with Gasteiger partial charge in [0.05, 0.1) is 16.0 Å². The molecule has 2 N–H and O–H groups in total. The third-order valence-corrected chi connectivity index (χ3v) is 3.74. The second-order valence-corrected chi connectivity index (χ2v) is 6.42. The van der Waals surface area contributed by atoms with E-state index in [0.29, 0.717) is 27.2 Å². The van der Waals surface area contributed by atoms with E-state index in [4.69, 9.17) is 23.2 Å². The second kappa shape index (κ2) is 6.59. The molecule has 0 aliphatic rings. The first-order valence-electron chi connectivity index (χ1n) is 5.31. The molecule has 0 spiro atoms. The number of aliphatic hydroxyl groups excluding tert-OH is 1. The molecule has 0 saturated carbocycles. The molecule has 1 heterocycles. The van der Waals surface area contributed by atoms with Crippen molar-refractivity contribution < 1.29 is 9.90 Å². The molecule has 0 aliphatic carbocycles. The monoisotopic (exact) mass is 295 g/mol. The molecular weight excluding hydrogens is 281 g/mol. The molecule has 0 saturated heterocycles. The summed E-state index contributed by atoms with van der Waals surface area (Å²) in [4.78, 5) is 11.8. The Kier molecular flexibility index (Phi) is 5.73. The van der Waals surface area contributed by atoms with Crippen LogP contribution >= 0.6 is 34.5 Å². The van der Waals surface area contributed by atoms with Crippen molar-refractivity contribution >= 4 is 40.4 Å². The summed E-state index contributed by atoms with van der Waals surface area (Å²) in [5.74, 6) is -0.0116. The molecule has 0 radical (unpaired) electrons. The van der Waals surface area contributed by atoms with Crippen molar-refractivity contribution in [3.05, 3.63) is 20.3 Å². The Bertz CT molecular complexity index is 393. The number of amides is 1. The highest BCUT2D eigenvalue weighted by molar-refractivity contribution is 7.20. The van der Waals surface area contributed by atoms with Crippen LogP contribution in [0.5, 0.6) is 0 Å². The zero-order valence-corrected chi connectivity index (χ0v) is 12.0. The van der Waals surface area contributed by atoms with Gasteiger partial charge in [-0.1, -0.05) is 30.1 Å². The van der Waals surface area contributed by atoms with Gasteiger partial charge in [-0.2, -0.15) is 0 Å². The van der Waals surface area contributed by atoms with Gasteiger partial charge in [-0.25, -0.2) is 0 Å². The normalized spacial score (nSPS) is 14.4. The molecule has 1 rings (SSSR count). The van der Waals surface area contributed by atoms with Gasteiger partial charge in [-0.3, -0.25) is 4.79 Å². The fraction of sp³-hybridized carbons (Fsp3) is 0.545. The second-order valence-electron chi connectivity index (χ2n) is 4.14. The topological polar surface area (TPSA) is 49.3 Å². The van der Waals surface area contributed by atoms with E-state index in [9.17, 15) is 9.90 Å². The average Bonchev–Trinajstić information content (AvgIpc) is 2.53. The average molecular weight is 296 g/mol. The van der Waals surface area contributed by atoms with Crippen LogP contribution in [0.15, 0.2) is 6.07 Å². The third-order valence-electron chi connectivity index (χ3n) is 2.26. The zero-order valence-electron chi connectivity index (χ0n) is 9.67. The molecule has 0 bridgehead atoms. The minimum Gasteiger partial charge on any atom is -0.393 e. The van der Waals surface area contributed by atoms with Crippen LogP contribution in [0.4, 0.5) is 0 Å². The van der Waals surface area contributed by atoms with E-state index in [-0.39, 0.29) is 17.9 Å². The Hall–Kier alpha value is -0.290. The summed E-state index contributed by atoms with van der Waals surface area (Å²) in [6, 6.07) is 1.56. The number of hydrogen-bond donors (Lipinski definition) is 2. The molecule has 1 aromatic rings. The first kappa shape index (κ1) is 14.8. The maximum Gasteiger partial charge on any atom is 0.253 e. The smallest absolute Gasteiger partial charge is 0.253 e. The molecule has 6 heteroatoms. The van der Waals surface area contributed by atoms with Gasteiger partial charge in [-0.05, 0) is 25.3 Å². The fourth-order valence-corrected chi connectivity index (χ4v) is 2.98. The van der Waals surface area contributed by atoms with Crippen LogP contribution < -0.4 is 5.32 Å². The molecule has 96 valence electrons. The summed E-state index contributed by atoms with van der Waals surface area (Å²) in [6.07, 6.45) is 0.291. The first-order valence-corrected chi connectivity index (χ1v) is 6.88. The van der Waals surface area contributed by atoms with Gasteiger partial charge in [0, 0.05) is 6.54 Å². The molecule has 0 fully saturated rings. The van der Waals surface area contributed by atoms with Gasteiger partial charge >= 0.3 is 0 Å². The Balaban J connectivity index is 2.47. The summed E-state index contributed by atoms with van der Waals surface area (Å²) in [7, 11) is 0. The standard InChI is InChI=1S/C11H15Cl2NO2S/c1-6(3-7(2)15)5-14-11(16)8-4-9(12)17-10(8)13/h4,6-7,15H,3,5H2,1-2H3,(H,14,16). The number of carbonyl (C=O) groups is 1. The lowest BCUT2D eigenvalue weighted by Crippen LogP contribution is -2.29. The van der Waals surface area contributed by atoms with E-state index in [1.807, 2.05) is 6.92 Å². The number of aliphatic hydroxyl groups is 1. The van der Waals surface area contributed by atoms with Gasteiger partial charge < -0.3 is 10.4 Å². The molecule has 0 aromatic carbocycles. The highest BCUT2D eigenvalue weighted by Crippen LogP contribution is 2.30. The summed E-state index contributed by atoms with van der Waals surface area (Å²) in [5.41, 5.74) is 0.408. The lowest BCUT2D eigenvalue weighted by atomic mass is 10.0. The maximum absolute atomic E-state index is 11.8. The number of thiophene rings is 1. The maximum atomic E-state index is 11.8. The number of carbonyl (C=O) groups excluding carboxylic acids is 1. The quantitative estimate of drug-likeness (QED) is 0.876. The first-order chi connectivity index (χ1) is 7.90. The predicted molar refractivity (Wildman–Crippen MR) is 72.1 cm³/mol. The summed E-state index contributed by atoms with van der Waals surface area (Å²) in [5, 5.41) is 12.0. The number of rotatable bonds is 5. The van der Waals surface area contributed by atoms with Crippen LogP contribution in [0.2, 0.25) is 8.67 Å². The largest absolute Gasteiger partial charge is 0.393 e. The van der Waals surface area contributed by atoms with Gasteiger partial charge in [0.1, 0.15) is 4.34 Å². The van der Waals surface area contributed by atoms with Gasteiger partial charge in [0.15, 0.2) is 0 Å². The molecule has 0 aliphatic heterocycles. The van der Waals surface area contributed by atoms with Crippen molar-refractivity contribution in [1.82, 2.24) is 5.32 Å². The number of nitrogens with one attached hydrogen (secondary N) is 1. The third kappa shape index (κ3) is 4.84. The summed E-state index contributed by atoms with van der Waals surface area (Å²) in [6.45, 7) is 4.20. The molecule has 2 atom stereocenters. The van der Waals surface area contributed by atoms with E-state index in [1.165, 1.54) is 11.3 Å². The van der Waals surface area contributed by atoms with Crippen molar-refractivity contribution in [3.63, 3.8) is 0 Å². The Morgan fingerprint density at radius 3 is 2.65 bits per heavy atom.